The fourth-order valence-electron chi connectivity index (χ4n) is 3.98. The van der Waals surface area contributed by atoms with Gasteiger partial charge < -0.3 is 15.1 Å². The minimum absolute atomic E-state index is 0. The van der Waals surface area contributed by atoms with Gasteiger partial charge in [-0.3, -0.25) is 9.69 Å². The van der Waals surface area contributed by atoms with Gasteiger partial charge in [-0.15, -0.1) is 0 Å². The Hall–Kier alpha value is -0.490. The molecular formula is C21H44N4O. The second kappa shape index (κ2) is 11.4. The highest BCUT2D eigenvalue weighted by molar-refractivity contribution is 5.82. The third kappa shape index (κ3) is 8.03. The second-order valence-corrected chi connectivity index (χ2v) is 8.95. The number of Topliss-reactive ketones (excluding diaryl/α,β-unsaturated/α-hetero) is 1. The van der Waals surface area contributed by atoms with E-state index in [1.54, 1.807) is 0 Å². The lowest BCUT2D eigenvalue weighted by molar-refractivity contribution is -0.123. The Morgan fingerprint density at radius 1 is 0.962 bits per heavy atom. The van der Waals surface area contributed by atoms with Crippen LogP contribution in [0.5, 0.6) is 0 Å². The number of hydrogen-bond acceptors (Lipinski definition) is 5. The number of nitrogens with zero attached hydrogens (tertiary/aromatic N) is 3. The van der Waals surface area contributed by atoms with E-state index in [0.29, 0.717) is 18.4 Å². The van der Waals surface area contributed by atoms with E-state index >= 15 is 0 Å². The predicted octanol–water partition coefficient (Wildman–Crippen LogP) is 2.18. The van der Waals surface area contributed by atoms with Gasteiger partial charge in [-0.2, -0.15) is 0 Å². The van der Waals surface area contributed by atoms with Crippen LogP contribution in [0.1, 0.15) is 48.4 Å². The zero-order valence-corrected chi connectivity index (χ0v) is 17.7. The number of likely N-dealkylation sites (tertiary alicyclic amines) is 1. The molecule has 0 aromatic carbocycles. The maximum Gasteiger partial charge on any atom is 0.149 e. The van der Waals surface area contributed by atoms with E-state index in [9.17, 15) is 4.79 Å². The van der Waals surface area contributed by atoms with Crippen LogP contribution in [0, 0.1) is 11.8 Å². The molecule has 0 unspecified atom stereocenters. The molecule has 0 atom stereocenters. The van der Waals surface area contributed by atoms with Gasteiger partial charge in [-0.25, -0.2) is 0 Å². The number of rotatable bonds is 10. The average molecular weight is 369 g/mol. The first-order valence-electron chi connectivity index (χ1n) is 10.9. The molecule has 0 bridgehead atoms. The summed E-state index contributed by atoms with van der Waals surface area (Å²) < 4.78 is 0. The predicted molar refractivity (Wildman–Crippen MR) is 112 cm³/mol. The van der Waals surface area contributed by atoms with Gasteiger partial charge in [0.25, 0.3) is 0 Å². The zero-order chi connectivity index (χ0) is 18.9. The summed E-state index contributed by atoms with van der Waals surface area (Å²) in [5.74, 6) is 1.38. The first kappa shape index (κ1) is 21.8. The van der Waals surface area contributed by atoms with E-state index in [2.05, 4.69) is 33.9 Å². The monoisotopic (exact) mass is 368 g/mol. The molecule has 2 saturated heterocycles. The number of hydrogen-bond donors (Lipinski definition) is 1. The molecule has 0 aromatic heterocycles. The molecule has 0 radical (unpaired) electrons. The smallest absolute Gasteiger partial charge is 0.149 e. The Kier molecular flexibility index (Phi) is 9.54. The van der Waals surface area contributed by atoms with Crippen molar-refractivity contribution in [1.29, 1.82) is 0 Å². The topological polar surface area (TPSA) is 38.8 Å². The minimum Gasteiger partial charge on any atom is -0.314 e. The third-order valence-corrected chi connectivity index (χ3v) is 5.92. The van der Waals surface area contributed by atoms with Gasteiger partial charge in [0.15, 0.2) is 0 Å². The van der Waals surface area contributed by atoms with Crippen LogP contribution in [-0.2, 0) is 4.79 Å². The molecule has 0 aromatic rings. The normalized spacial score (nSPS) is 21.8. The van der Waals surface area contributed by atoms with Gasteiger partial charge >= 0.3 is 0 Å². The highest BCUT2D eigenvalue weighted by atomic mass is 16.1. The van der Waals surface area contributed by atoms with E-state index in [4.69, 9.17) is 0 Å². The van der Waals surface area contributed by atoms with Crippen LogP contribution < -0.4 is 5.32 Å². The maximum atomic E-state index is 11.9. The van der Waals surface area contributed by atoms with Crippen LogP contribution >= 0.6 is 0 Å². The number of nitrogens with one attached hydrogen (secondary N) is 1. The highest BCUT2D eigenvalue weighted by Gasteiger charge is 2.25. The number of carbonyl (C=O) groups is 1. The van der Waals surface area contributed by atoms with E-state index in [-0.39, 0.29) is 7.34 Å². The molecule has 2 aliphatic rings. The van der Waals surface area contributed by atoms with E-state index in [1.807, 2.05) is 13.8 Å². The van der Waals surface area contributed by atoms with Crippen molar-refractivity contribution in [3.05, 3.63) is 0 Å². The summed E-state index contributed by atoms with van der Waals surface area (Å²) in [4.78, 5) is 19.6. The second-order valence-electron chi connectivity index (χ2n) is 8.95. The Morgan fingerprint density at radius 3 is 2.15 bits per heavy atom. The van der Waals surface area contributed by atoms with Crippen molar-refractivity contribution < 1.29 is 6.22 Å². The SMILES string of the molecule is CC(C)NCCCN1CCN(CC2CCN(CC(=O)C(C)C)CC2)CC1.[HH]. The van der Waals surface area contributed by atoms with Crippen molar-refractivity contribution in [2.24, 2.45) is 11.8 Å². The summed E-state index contributed by atoms with van der Waals surface area (Å²) >= 11 is 0. The first-order valence-corrected chi connectivity index (χ1v) is 10.9. The molecular weight excluding hydrogens is 324 g/mol. The van der Waals surface area contributed by atoms with E-state index in [0.717, 1.165) is 25.6 Å². The van der Waals surface area contributed by atoms with Gasteiger partial charge in [-0.05, 0) is 51.4 Å². The molecule has 2 heterocycles. The van der Waals surface area contributed by atoms with Crippen molar-refractivity contribution >= 4 is 5.78 Å². The fourth-order valence-corrected chi connectivity index (χ4v) is 3.98. The molecule has 2 aliphatic heterocycles. The lowest BCUT2D eigenvalue weighted by Gasteiger charge is -2.39. The summed E-state index contributed by atoms with van der Waals surface area (Å²) in [6.45, 7) is 19.8. The number of piperazine rings is 1. The van der Waals surface area contributed by atoms with Crippen LogP contribution in [0.3, 0.4) is 0 Å². The lowest BCUT2D eigenvalue weighted by atomic mass is 9.95. The molecule has 0 amide bonds. The number of carbonyl (C=O) groups excluding carboxylic acids is 1. The number of ketones is 1. The molecule has 154 valence electrons. The van der Waals surface area contributed by atoms with Crippen molar-refractivity contribution in [3.8, 4) is 0 Å². The largest absolute Gasteiger partial charge is 0.314 e. The van der Waals surface area contributed by atoms with Crippen molar-refractivity contribution in [2.75, 3.05) is 65.4 Å². The third-order valence-electron chi connectivity index (χ3n) is 5.92. The van der Waals surface area contributed by atoms with Gasteiger partial charge in [0.1, 0.15) is 5.78 Å². The Morgan fingerprint density at radius 2 is 1.58 bits per heavy atom. The maximum absolute atomic E-state index is 11.9. The molecule has 2 fully saturated rings. The van der Waals surface area contributed by atoms with E-state index < -0.39 is 0 Å². The molecule has 1 N–H and O–H groups in total. The lowest BCUT2D eigenvalue weighted by Crippen LogP contribution is -2.49. The van der Waals surface area contributed by atoms with Gasteiger partial charge in [0.05, 0.1) is 6.54 Å². The summed E-state index contributed by atoms with van der Waals surface area (Å²) in [6.07, 6.45) is 3.77. The standard InChI is InChI=1S/C21H42N4O.H2/c1-18(2)21(26)17-24-10-6-20(7-11-24)16-25-14-12-23(13-15-25)9-5-8-22-19(3)4;/h18-20,22H,5-17H2,1-4H3;1H. The van der Waals surface area contributed by atoms with E-state index in [1.165, 1.54) is 58.5 Å². The first-order chi connectivity index (χ1) is 12.4. The fraction of sp³-hybridized carbons (Fsp3) is 0.952. The summed E-state index contributed by atoms with van der Waals surface area (Å²) in [7, 11) is 0. The summed E-state index contributed by atoms with van der Waals surface area (Å²) in [5, 5.41) is 3.51. The Balaban J connectivity index is 0.00000364. The zero-order valence-electron chi connectivity index (χ0n) is 17.7. The average Bonchev–Trinajstić information content (AvgIpc) is 2.61. The molecule has 26 heavy (non-hydrogen) atoms. The minimum atomic E-state index is 0. The van der Waals surface area contributed by atoms with Crippen LogP contribution in [0.2, 0.25) is 0 Å². The number of piperidine rings is 1. The molecule has 0 aliphatic carbocycles. The molecule has 2 rings (SSSR count). The van der Waals surface area contributed by atoms with Crippen LogP contribution in [-0.4, -0.2) is 92.0 Å². The Bertz CT molecular complexity index is 403. The van der Waals surface area contributed by atoms with Crippen molar-refractivity contribution in [2.45, 2.75) is 53.0 Å². The molecule has 5 nitrogen and oxygen atoms in total. The molecule has 0 saturated carbocycles. The highest BCUT2D eigenvalue weighted by Crippen LogP contribution is 2.19. The quantitative estimate of drug-likeness (QED) is 0.599. The van der Waals surface area contributed by atoms with Crippen molar-refractivity contribution in [1.82, 2.24) is 20.0 Å². The van der Waals surface area contributed by atoms with Gasteiger partial charge in [0, 0.05) is 46.1 Å². The molecule has 5 heteroatoms. The Labute approximate surface area is 163 Å². The summed E-state index contributed by atoms with van der Waals surface area (Å²) in [6, 6.07) is 0.599. The van der Waals surface area contributed by atoms with Crippen LogP contribution in [0.25, 0.3) is 0 Å². The van der Waals surface area contributed by atoms with Crippen LogP contribution in [0.4, 0.5) is 0 Å². The van der Waals surface area contributed by atoms with Crippen LogP contribution in [0.15, 0.2) is 0 Å². The van der Waals surface area contributed by atoms with Gasteiger partial charge in [-0.1, -0.05) is 27.7 Å². The van der Waals surface area contributed by atoms with Gasteiger partial charge in [0.2, 0.25) is 0 Å². The summed E-state index contributed by atoms with van der Waals surface area (Å²) in [5.41, 5.74) is 0. The molecule has 0 spiro atoms. The van der Waals surface area contributed by atoms with Crippen molar-refractivity contribution in [3.63, 3.8) is 0 Å².